The molecule has 110 valence electrons. The van der Waals surface area contributed by atoms with Crippen LogP contribution in [0.2, 0.25) is 0 Å². The van der Waals surface area contributed by atoms with Crippen LogP contribution in [0.25, 0.3) is 5.65 Å². The fraction of sp³-hybridized carbons (Fsp3) is 0.176. The van der Waals surface area contributed by atoms with Crippen molar-refractivity contribution in [2.75, 3.05) is 0 Å². The lowest BCUT2D eigenvalue weighted by Crippen LogP contribution is -1.89. The van der Waals surface area contributed by atoms with Crippen molar-refractivity contribution in [2.45, 2.75) is 20.8 Å². The molecule has 0 aliphatic rings. The van der Waals surface area contributed by atoms with E-state index < -0.39 is 0 Å². The maximum Gasteiger partial charge on any atom is 0.182 e. The zero-order valence-electron chi connectivity index (χ0n) is 12.7. The molecular formula is C17H16N4O. The van der Waals surface area contributed by atoms with Crippen LogP contribution in [-0.2, 0) is 0 Å². The predicted octanol–water partition coefficient (Wildman–Crippen LogP) is 4.57. The number of nitrogens with zero attached hydrogens (tertiary/aromatic N) is 4. The highest BCUT2D eigenvalue weighted by Crippen LogP contribution is 2.25. The molecule has 0 unspecified atom stereocenters. The number of pyridine rings is 1. The van der Waals surface area contributed by atoms with Crippen molar-refractivity contribution in [3.63, 3.8) is 0 Å². The summed E-state index contributed by atoms with van der Waals surface area (Å²) in [6.07, 6.45) is 0. The van der Waals surface area contributed by atoms with E-state index in [0.29, 0.717) is 11.3 Å². The second-order valence-corrected chi connectivity index (χ2v) is 5.18. The average Bonchev–Trinajstić information content (AvgIpc) is 2.82. The molecule has 0 saturated carbocycles. The van der Waals surface area contributed by atoms with Crippen LogP contribution in [0.1, 0.15) is 28.7 Å². The van der Waals surface area contributed by atoms with Crippen LogP contribution in [0.4, 0.5) is 11.5 Å². The largest absolute Gasteiger partial charge is 0.295 e. The van der Waals surface area contributed by atoms with Gasteiger partial charge in [-0.25, -0.2) is 4.98 Å². The number of hydrogen-bond donors (Lipinski definition) is 0. The number of aryl methyl sites for hydroxylation is 2. The maximum absolute atomic E-state index is 11.3. The Kier molecular flexibility index (Phi) is 3.55. The van der Waals surface area contributed by atoms with Gasteiger partial charge < -0.3 is 0 Å². The number of fused-ring (bicyclic) bond motifs is 1. The van der Waals surface area contributed by atoms with E-state index in [1.807, 2.05) is 36.4 Å². The number of Topliss-reactive ketones (excluding diaryl/α,β-unsaturated/α-hetero) is 1. The van der Waals surface area contributed by atoms with E-state index in [-0.39, 0.29) is 5.78 Å². The summed E-state index contributed by atoms with van der Waals surface area (Å²) in [5.41, 5.74) is 4.12. The van der Waals surface area contributed by atoms with Crippen molar-refractivity contribution in [3.8, 4) is 0 Å². The summed E-state index contributed by atoms with van der Waals surface area (Å²) in [6.45, 7) is 5.47. The third-order valence-electron chi connectivity index (χ3n) is 3.52. The van der Waals surface area contributed by atoms with Gasteiger partial charge in [-0.2, -0.15) is 0 Å². The van der Waals surface area contributed by atoms with Gasteiger partial charge in [0.1, 0.15) is 5.65 Å². The molecular weight excluding hydrogens is 276 g/mol. The number of imidazole rings is 1. The van der Waals surface area contributed by atoms with Crippen LogP contribution >= 0.6 is 0 Å². The zero-order valence-corrected chi connectivity index (χ0v) is 12.7. The molecule has 0 fully saturated rings. The fourth-order valence-corrected chi connectivity index (χ4v) is 2.33. The first-order chi connectivity index (χ1) is 10.6. The SMILES string of the molecule is CC(=O)c1ccc(N=Nc2c(C)nc3cccc(C)n23)cc1. The lowest BCUT2D eigenvalue weighted by atomic mass is 10.1. The lowest BCUT2D eigenvalue weighted by Gasteiger charge is -2.01. The number of azo groups is 1. The Labute approximate surface area is 128 Å². The molecule has 3 rings (SSSR count). The van der Waals surface area contributed by atoms with E-state index >= 15 is 0 Å². The molecule has 0 N–H and O–H groups in total. The minimum atomic E-state index is 0.0387. The Morgan fingerprint density at radius 3 is 2.45 bits per heavy atom. The minimum Gasteiger partial charge on any atom is -0.295 e. The first-order valence-corrected chi connectivity index (χ1v) is 7.03. The fourth-order valence-electron chi connectivity index (χ4n) is 2.33. The number of benzene rings is 1. The van der Waals surface area contributed by atoms with Gasteiger partial charge in [0.25, 0.3) is 0 Å². The Morgan fingerprint density at radius 1 is 1.05 bits per heavy atom. The topological polar surface area (TPSA) is 59.1 Å². The van der Waals surface area contributed by atoms with Crippen LogP contribution in [0, 0.1) is 13.8 Å². The molecule has 2 aromatic heterocycles. The normalized spacial score (nSPS) is 11.4. The molecule has 0 saturated heterocycles. The van der Waals surface area contributed by atoms with Gasteiger partial charge in [-0.1, -0.05) is 6.07 Å². The molecule has 0 aliphatic carbocycles. The molecule has 0 atom stereocenters. The summed E-state index contributed by atoms with van der Waals surface area (Å²) in [5.74, 6) is 0.764. The molecule has 0 aliphatic heterocycles. The highest BCUT2D eigenvalue weighted by molar-refractivity contribution is 5.94. The van der Waals surface area contributed by atoms with E-state index in [0.717, 1.165) is 22.9 Å². The van der Waals surface area contributed by atoms with Gasteiger partial charge in [-0.15, -0.1) is 10.2 Å². The van der Waals surface area contributed by atoms with Crippen molar-refractivity contribution in [3.05, 3.63) is 59.4 Å². The minimum absolute atomic E-state index is 0.0387. The smallest absolute Gasteiger partial charge is 0.182 e. The van der Waals surface area contributed by atoms with Crippen LogP contribution in [0.5, 0.6) is 0 Å². The van der Waals surface area contributed by atoms with Crippen LogP contribution in [0.3, 0.4) is 0 Å². The predicted molar refractivity (Wildman–Crippen MR) is 85.3 cm³/mol. The van der Waals surface area contributed by atoms with E-state index in [2.05, 4.69) is 15.2 Å². The van der Waals surface area contributed by atoms with Crippen molar-refractivity contribution < 1.29 is 4.79 Å². The molecule has 22 heavy (non-hydrogen) atoms. The average molecular weight is 292 g/mol. The molecule has 3 aromatic rings. The van der Waals surface area contributed by atoms with E-state index in [1.165, 1.54) is 0 Å². The maximum atomic E-state index is 11.3. The van der Waals surface area contributed by atoms with Crippen molar-refractivity contribution in [2.24, 2.45) is 10.2 Å². The number of carbonyl (C=O) groups is 1. The summed E-state index contributed by atoms with van der Waals surface area (Å²) in [7, 11) is 0. The number of aromatic nitrogens is 2. The Morgan fingerprint density at radius 2 is 1.77 bits per heavy atom. The summed E-state index contributed by atoms with van der Waals surface area (Å²) in [4.78, 5) is 15.8. The van der Waals surface area contributed by atoms with E-state index in [4.69, 9.17) is 0 Å². The van der Waals surface area contributed by atoms with Crippen LogP contribution in [0.15, 0.2) is 52.7 Å². The van der Waals surface area contributed by atoms with Crippen molar-refractivity contribution in [1.29, 1.82) is 0 Å². The third-order valence-corrected chi connectivity index (χ3v) is 3.52. The third kappa shape index (κ3) is 2.53. The quantitative estimate of drug-likeness (QED) is 0.524. The molecule has 0 radical (unpaired) electrons. The first-order valence-electron chi connectivity index (χ1n) is 7.03. The number of carbonyl (C=O) groups excluding carboxylic acids is 1. The molecule has 0 bridgehead atoms. The molecule has 5 nitrogen and oxygen atoms in total. The van der Waals surface area contributed by atoms with Crippen molar-refractivity contribution in [1.82, 2.24) is 9.38 Å². The van der Waals surface area contributed by atoms with E-state index in [1.54, 1.807) is 31.2 Å². The Balaban J connectivity index is 1.99. The van der Waals surface area contributed by atoms with Crippen LogP contribution in [-0.4, -0.2) is 15.2 Å². The number of rotatable bonds is 3. The monoisotopic (exact) mass is 292 g/mol. The highest BCUT2D eigenvalue weighted by Gasteiger charge is 2.09. The first kappa shape index (κ1) is 14.1. The number of hydrogen-bond acceptors (Lipinski definition) is 4. The molecule has 2 heterocycles. The lowest BCUT2D eigenvalue weighted by molar-refractivity contribution is 0.101. The zero-order chi connectivity index (χ0) is 15.7. The number of ketones is 1. The van der Waals surface area contributed by atoms with Gasteiger partial charge >= 0.3 is 0 Å². The summed E-state index contributed by atoms with van der Waals surface area (Å²) < 4.78 is 1.97. The van der Waals surface area contributed by atoms with Gasteiger partial charge in [0.05, 0.1) is 11.4 Å². The van der Waals surface area contributed by atoms with Crippen molar-refractivity contribution >= 4 is 22.9 Å². The van der Waals surface area contributed by atoms with Gasteiger partial charge in [-0.05, 0) is 57.2 Å². The molecule has 1 aromatic carbocycles. The highest BCUT2D eigenvalue weighted by atomic mass is 16.1. The Hall–Kier alpha value is -2.82. The Bertz CT molecular complexity index is 876. The van der Waals surface area contributed by atoms with Gasteiger partial charge in [0, 0.05) is 11.3 Å². The van der Waals surface area contributed by atoms with Gasteiger partial charge in [0.15, 0.2) is 11.6 Å². The standard InChI is InChI=1S/C17H16N4O/c1-11-5-4-6-16-18-12(2)17(21(11)16)20-19-15-9-7-14(8-10-15)13(3)22/h4-10H,1-3H3. The van der Waals surface area contributed by atoms with Crippen LogP contribution < -0.4 is 0 Å². The molecule has 0 amide bonds. The second-order valence-electron chi connectivity index (χ2n) is 5.18. The molecule has 5 heteroatoms. The summed E-state index contributed by atoms with van der Waals surface area (Å²) in [5, 5.41) is 8.59. The summed E-state index contributed by atoms with van der Waals surface area (Å²) in [6, 6.07) is 13.0. The second kappa shape index (κ2) is 5.52. The van der Waals surface area contributed by atoms with Gasteiger partial charge in [0.2, 0.25) is 0 Å². The molecule has 0 spiro atoms. The van der Waals surface area contributed by atoms with E-state index in [9.17, 15) is 4.79 Å². The summed E-state index contributed by atoms with van der Waals surface area (Å²) >= 11 is 0. The van der Waals surface area contributed by atoms with Gasteiger partial charge in [-0.3, -0.25) is 9.20 Å².